The van der Waals surface area contributed by atoms with Crippen molar-refractivity contribution in [2.24, 2.45) is 0 Å². The van der Waals surface area contributed by atoms with Crippen LogP contribution >= 0.6 is 0 Å². The molecule has 1 atom stereocenters. The summed E-state index contributed by atoms with van der Waals surface area (Å²) >= 11 is 0. The molecule has 0 unspecified atom stereocenters. The fourth-order valence-corrected chi connectivity index (χ4v) is 4.06. The van der Waals surface area contributed by atoms with Crippen LogP contribution in [0.4, 0.5) is 19.0 Å². The van der Waals surface area contributed by atoms with E-state index in [1.54, 1.807) is 0 Å². The first-order chi connectivity index (χ1) is 14.5. The van der Waals surface area contributed by atoms with Crippen LogP contribution in [0.1, 0.15) is 11.1 Å². The lowest BCUT2D eigenvalue weighted by Crippen LogP contribution is -2.52. The lowest BCUT2D eigenvalue weighted by molar-refractivity contribution is -0.137. The second-order valence-electron chi connectivity index (χ2n) is 7.90. The Hall–Kier alpha value is -2.16. The van der Waals surface area contributed by atoms with Crippen molar-refractivity contribution in [3.8, 4) is 0 Å². The lowest BCUT2D eigenvalue weighted by atomic mass is 10.1. The Morgan fingerprint density at radius 1 is 0.933 bits per heavy atom. The molecule has 3 heterocycles. The molecule has 8 heteroatoms. The van der Waals surface area contributed by atoms with Gasteiger partial charge in [0.25, 0.3) is 0 Å². The molecule has 2 aliphatic rings. The highest BCUT2D eigenvalue weighted by molar-refractivity contribution is 5.40. The SMILES string of the molecule is FC(F)(F)c1ccc(N2CCN(C[C@@H]3CN(Cc4ccccc4)CCO3)CC2)nc1. The van der Waals surface area contributed by atoms with Crippen molar-refractivity contribution in [2.45, 2.75) is 18.8 Å². The Labute approximate surface area is 175 Å². The summed E-state index contributed by atoms with van der Waals surface area (Å²) in [5.74, 6) is 0.602. The first-order valence-corrected chi connectivity index (χ1v) is 10.4. The summed E-state index contributed by atoms with van der Waals surface area (Å²) in [6, 6.07) is 13.0. The van der Waals surface area contributed by atoms with E-state index in [2.05, 4.69) is 39.0 Å². The summed E-state index contributed by atoms with van der Waals surface area (Å²) in [6.07, 6.45) is -3.25. The topological polar surface area (TPSA) is 31.8 Å². The van der Waals surface area contributed by atoms with Crippen LogP contribution in [0.2, 0.25) is 0 Å². The van der Waals surface area contributed by atoms with E-state index in [1.807, 2.05) is 11.0 Å². The minimum Gasteiger partial charge on any atom is -0.374 e. The molecule has 0 N–H and O–H groups in total. The number of alkyl halides is 3. The third-order valence-electron chi connectivity index (χ3n) is 5.71. The average Bonchev–Trinajstić information content (AvgIpc) is 2.75. The Morgan fingerprint density at radius 3 is 2.37 bits per heavy atom. The summed E-state index contributed by atoms with van der Waals surface area (Å²) in [7, 11) is 0. The van der Waals surface area contributed by atoms with Crippen LogP contribution in [-0.4, -0.2) is 73.3 Å². The van der Waals surface area contributed by atoms with Gasteiger partial charge in [-0.05, 0) is 17.7 Å². The maximum Gasteiger partial charge on any atom is 0.417 e. The molecule has 1 aromatic carbocycles. The number of hydrogen-bond acceptors (Lipinski definition) is 5. The first kappa shape index (κ1) is 21.1. The minimum absolute atomic E-state index is 0.179. The summed E-state index contributed by atoms with van der Waals surface area (Å²) in [6.45, 7) is 7.61. The number of aromatic nitrogens is 1. The Morgan fingerprint density at radius 2 is 1.70 bits per heavy atom. The Balaban J connectivity index is 1.24. The third-order valence-corrected chi connectivity index (χ3v) is 5.71. The second-order valence-corrected chi connectivity index (χ2v) is 7.90. The monoisotopic (exact) mass is 420 g/mol. The van der Waals surface area contributed by atoms with Gasteiger partial charge >= 0.3 is 6.18 Å². The maximum absolute atomic E-state index is 12.7. The van der Waals surface area contributed by atoms with Crippen molar-refractivity contribution < 1.29 is 17.9 Å². The molecule has 0 spiro atoms. The van der Waals surface area contributed by atoms with Gasteiger partial charge in [-0.2, -0.15) is 13.2 Å². The average molecular weight is 420 g/mol. The zero-order valence-corrected chi connectivity index (χ0v) is 16.9. The fraction of sp³-hybridized carbons (Fsp3) is 0.500. The van der Waals surface area contributed by atoms with E-state index >= 15 is 0 Å². The number of piperazine rings is 1. The molecule has 4 rings (SSSR count). The highest BCUT2D eigenvalue weighted by atomic mass is 19.4. The number of anilines is 1. The molecule has 1 aromatic heterocycles. The Kier molecular flexibility index (Phi) is 6.55. The molecule has 30 heavy (non-hydrogen) atoms. The van der Waals surface area contributed by atoms with Crippen LogP contribution < -0.4 is 4.90 Å². The highest BCUT2D eigenvalue weighted by Crippen LogP contribution is 2.29. The van der Waals surface area contributed by atoms with Crippen LogP contribution in [-0.2, 0) is 17.5 Å². The molecule has 5 nitrogen and oxygen atoms in total. The number of pyridine rings is 1. The van der Waals surface area contributed by atoms with E-state index in [9.17, 15) is 13.2 Å². The zero-order valence-electron chi connectivity index (χ0n) is 16.9. The number of hydrogen-bond donors (Lipinski definition) is 0. The van der Waals surface area contributed by atoms with Crippen LogP contribution in [0.3, 0.4) is 0 Å². The second kappa shape index (κ2) is 9.32. The summed E-state index contributed by atoms with van der Waals surface area (Å²) < 4.78 is 44.1. The summed E-state index contributed by atoms with van der Waals surface area (Å²) in [4.78, 5) is 10.9. The van der Waals surface area contributed by atoms with Crippen LogP contribution in [0.5, 0.6) is 0 Å². The van der Waals surface area contributed by atoms with Crippen molar-refractivity contribution in [3.05, 3.63) is 59.8 Å². The van der Waals surface area contributed by atoms with Gasteiger partial charge in [0.2, 0.25) is 0 Å². The molecule has 2 saturated heterocycles. The first-order valence-electron chi connectivity index (χ1n) is 10.4. The highest BCUT2D eigenvalue weighted by Gasteiger charge is 2.31. The molecule has 0 saturated carbocycles. The molecule has 2 fully saturated rings. The number of ether oxygens (including phenoxy) is 1. The molecule has 2 aliphatic heterocycles. The number of morpholine rings is 1. The van der Waals surface area contributed by atoms with Crippen molar-refractivity contribution in [3.63, 3.8) is 0 Å². The molecular weight excluding hydrogens is 393 g/mol. The molecule has 2 aromatic rings. The van der Waals surface area contributed by atoms with Crippen molar-refractivity contribution >= 4 is 5.82 Å². The predicted octanol–water partition coefficient (Wildman–Crippen LogP) is 3.12. The lowest BCUT2D eigenvalue weighted by Gasteiger charge is -2.39. The van der Waals surface area contributed by atoms with Crippen LogP contribution in [0.25, 0.3) is 0 Å². The third kappa shape index (κ3) is 5.50. The predicted molar refractivity (Wildman–Crippen MR) is 109 cm³/mol. The van der Waals surface area contributed by atoms with Gasteiger partial charge in [-0.15, -0.1) is 0 Å². The van der Waals surface area contributed by atoms with Gasteiger partial charge < -0.3 is 9.64 Å². The van der Waals surface area contributed by atoms with E-state index in [4.69, 9.17) is 4.74 Å². The number of halogens is 3. The van der Waals surface area contributed by atoms with Crippen molar-refractivity contribution in [1.29, 1.82) is 0 Å². The summed E-state index contributed by atoms with van der Waals surface area (Å²) in [5, 5.41) is 0. The van der Waals surface area contributed by atoms with E-state index in [0.29, 0.717) is 5.82 Å². The van der Waals surface area contributed by atoms with E-state index in [-0.39, 0.29) is 6.10 Å². The number of rotatable bonds is 5. The standard InChI is InChI=1S/C22H27F3N4O/c23-22(24,25)19-6-7-21(26-14-19)29-10-8-27(9-11-29)16-20-17-28(12-13-30-20)15-18-4-2-1-3-5-18/h1-7,14,20H,8-13,15-17H2/t20-/m1/s1. The van der Waals surface area contributed by atoms with E-state index in [0.717, 1.165) is 71.2 Å². The van der Waals surface area contributed by atoms with Gasteiger partial charge in [0, 0.05) is 58.6 Å². The van der Waals surface area contributed by atoms with E-state index < -0.39 is 11.7 Å². The Bertz CT molecular complexity index is 792. The summed E-state index contributed by atoms with van der Waals surface area (Å²) in [5.41, 5.74) is 0.607. The van der Waals surface area contributed by atoms with Gasteiger partial charge in [-0.25, -0.2) is 4.98 Å². The molecular formula is C22H27F3N4O. The number of benzene rings is 1. The smallest absolute Gasteiger partial charge is 0.374 e. The van der Waals surface area contributed by atoms with Crippen LogP contribution in [0, 0.1) is 0 Å². The quantitative estimate of drug-likeness (QED) is 0.742. The van der Waals surface area contributed by atoms with Gasteiger partial charge in [0.15, 0.2) is 0 Å². The van der Waals surface area contributed by atoms with Gasteiger partial charge in [-0.3, -0.25) is 9.80 Å². The molecule has 0 amide bonds. The van der Waals surface area contributed by atoms with Gasteiger partial charge in [0.05, 0.1) is 18.3 Å². The maximum atomic E-state index is 12.7. The van der Waals surface area contributed by atoms with Crippen LogP contribution in [0.15, 0.2) is 48.7 Å². The fourth-order valence-electron chi connectivity index (χ4n) is 4.06. The molecule has 0 aliphatic carbocycles. The zero-order chi connectivity index (χ0) is 21.0. The van der Waals surface area contributed by atoms with Crippen molar-refractivity contribution in [2.75, 3.05) is 57.3 Å². The van der Waals surface area contributed by atoms with Gasteiger partial charge in [0.1, 0.15) is 5.82 Å². The molecule has 162 valence electrons. The molecule has 0 radical (unpaired) electrons. The largest absolute Gasteiger partial charge is 0.417 e. The van der Waals surface area contributed by atoms with Gasteiger partial charge in [-0.1, -0.05) is 30.3 Å². The van der Waals surface area contributed by atoms with E-state index in [1.165, 1.54) is 11.6 Å². The normalized spacial score (nSPS) is 21.7. The molecule has 0 bridgehead atoms. The minimum atomic E-state index is -4.35. The van der Waals surface area contributed by atoms with Crippen molar-refractivity contribution in [1.82, 2.24) is 14.8 Å². The number of nitrogens with zero attached hydrogens (tertiary/aromatic N) is 4.